The molecule has 2 N–H and O–H groups in total. The zero-order valence-corrected chi connectivity index (χ0v) is 28.2. The van der Waals surface area contributed by atoms with Crippen LogP contribution in [-0.2, 0) is 11.2 Å². The van der Waals surface area contributed by atoms with Crippen LogP contribution in [0.1, 0.15) is 33.4 Å². The van der Waals surface area contributed by atoms with Gasteiger partial charge in [-0.3, -0.25) is 0 Å². The van der Waals surface area contributed by atoms with Crippen LogP contribution in [0.4, 0.5) is 22.7 Å². The van der Waals surface area contributed by atoms with Gasteiger partial charge in [-0.2, -0.15) is 0 Å². The molecule has 6 nitrogen and oxygen atoms in total. The van der Waals surface area contributed by atoms with E-state index in [4.69, 9.17) is 0 Å². The first-order chi connectivity index (χ1) is 21.8. The van der Waals surface area contributed by atoms with Crippen LogP contribution < -0.4 is 19.6 Å². The van der Waals surface area contributed by atoms with Crippen molar-refractivity contribution in [3.63, 3.8) is 0 Å². The van der Waals surface area contributed by atoms with Gasteiger partial charge in [0.15, 0.2) is 0 Å². The van der Waals surface area contributed by atoms with Crippen molar-refractivity contribution in [1.29, 1.82) is 0 Å². The van der Waals surface area contributed by atoms with Gasteiger partial charge in [0.25, 0.3) is 0 Å². The molecule has 5 aromatic rings. The summed E-state index contributed by atoms with van der Waals surface area (Å²) in [5.74, 6) is 0. The lowest BCUT2D eigenvalue weighted by Gasteiger charge is -2.33. The highest BCUT2D eigenvalue weighted by atomic mass is 16.3. The van der Waals surface area contributed by atoms with Crippen LogP contribution in [0.5, 0.6) is 0 Å². The van der Waals surface area contributed by atoms with E-state index < -0.39 is 11.2 Å². The minimum Gasteiger partial charge on any atom is -0.378 e. The number of hydrogen-bond acceptors (Lipinski definition) is 6. The van der Waals surface area contributed by atoms with Gasteiger partial charge in [0.05, 0.1) is 0 Å². The molecular formula is C40H46N4O2. The molecule has 0 heterocycles. The highest BCUT2D eigenvalue weighted by molar-refractivity contribution is 5.58. The molecule has 0 aromatic heterocycles. The number of rotatable bonds is 10. The number of nitrogens with zero attached hydrogens (tertiary/aromatic N) is 4. The Morgan fingerprint density at radius 3 is 0.543 bits per heavy atom. The third-order valence-corrected chi connectivity index (χ3v) is 8.93. The molecule has 5 aromatic carbocycles. The summed E-state index contributed by atoms with van der Waals surface area (Å²) in [6.07, 6.45) is 0. The summed E-state index contributed by atoms with van der Waals surface area (Å²) in [6, 6.07) is 39.8. The Balaban J connectivity index is 1.65. The molecule has 0 unspecified atom stereocenters. The molecule has 0 saturated carbocycles. The van der Waals surface area contributed by atoms with E-state index in [2.05, 4.69) is 0 Å². The first kappa shape index (κ1) is 32.6. The zero-order valence-electron chi connectivity index (χ0n) is 28.2. The number of aliphatic hydroxyl groups is 2. The lowest BCUT2D eigenvalue weighted by Crippen LogP contribution is -2.31. The minimum atomic E-state index is -1.42. The van der Waals surface area contributed by atoms with Crippen molar-refractivity contribution < 1.29 is 10.2 Å². The van der Waals surface area contributed by atoms with Gasteiger partial charge in [-0.25, -0.2) is 0 Å². The van der Waals surface area contributed by atoms with Crippen LogP contribution in [0.25, 0.3) is 0 Å². The third-order valence-electron chi connectivity index (χ3n) is 8.93. The Hall–Kier alpha value is -4.78. The summed E-state index contributed by atoms with van der Waals surface area (Å²) in [5, 5.41) is 25.4. The topological polar surface area (TPSA) is 53.4 Å². The molecule has 238 valence electrons. The average Bonchev–Trinajstić information content (AvgIpc) is 3.07. The lowest BCUT2D eigenvalue weighted by atomic mass is 9.77. The number of hydrogen-bond donors (Lipinski definition) is 2. The van der Waals surface area contributed by atoms with Crippen molar-refractivity contribution in [2.24, 2.45) is 0 Å². The molecule has 0 aliphatic carbocycles. The van der Waals surface area contributed by atoms with Gasteiger partial charge in [-0.1, -0.05) is 72.8 Å². The van der Waals surface area contributed by atoms with Crippen LogP contribution in [0.2, 0.25) is 0 Å². The molecule has 46 heavy (non-hydrogen) atoms. The standard InChI is InChI=1S/C40H46N4O2/c1-41(2)35-21-13-31(14-22-35)39(45,32-15-23-36(24-16-32)42(3)4)29-9-11-30(12-10-29)40(46,33-17-25-37(26-18-33)43(5)6)34-19-27-38(28-20-34)44(7)8/h9-28,45-46H,1-8H3. The van der Waals surface area contributed by atoms with E-state index in [-0.39, 0.29) is 0 Å². The van der Waals surface area contributed by atoms with Crippen molar-refractivity contribution in [1.82, 2.24) is 0 Å². The summed E-state index contributed by atoms with van der Waals surface area (Å²) in [7, 11) is 16.0. The van der Waals surface area contributed by atoms with E-state index in [0.29, 0.717) is 11.1 Å². The number of benzene rings is 5. The molecule has 0 spiro atoms. The molecule has 0 amide bonds. The van der Waals surface area contributed by atoms with Gasteiger partial charge in [0.2, 0.25) is 0 Å². The fraction of sp³-hybridized carbons (Fsp3) is 0.250. The molecule has 0 aliphatic rings. The molecule has 5 rings (SSSR count). The smallest absolute Gasteiger partial charge is 0.140 e. The maximum absolute atomic E-state index is 12.7. The van der Waals surface area contributed by atoms with Crippen molar-refractivity contribution in [2.45, 2.75) is 11.2 Å². The zero-order chi connectivity index (χ0) is 33.2. The maximum Gasteiger partial charge on any atom is 0.140 e. The lowest BCUT2D eigenvalue weighted by molar-refractivity contribution is 0.121. The second kappa shape index (κ2) is 12.9. The van der Waals surface area contributed by atoms with Crippen LogP contribution >= 0.6 is 0 Å². The second-order valence-corrected chi connectivity index (χ2v) is 12.8. The molecule has 0 radical (unpaired) electrons. The predicted octanol–water partition coefficient (Wildman–Crippen LogP) is 6.52. The largest absolute Gasteiger partial charge is 0.378 e. The quantitative estimate of drug-likeness (QED) is 0.175. The first-order valence-electron chi connectivity index (χ1n) is 15.5. The first-order valence-corrected chi connectivity index (χ1v) is 15.5. The van der Waals surface area contributed by atoms with Gasteiger partial charge in [-0.05, 0) is 81.9 Å². The van der Waals surface area contributed by atoms with E-state index in [1.165, 1.54) is 0 Å². The Morgan fingerprint density at radius 1 is 0.283 bits per heavy atom. The molecule has 0 bridgehead atoms. The van der Waals surface area contributed by atoms with Crippen LogP contribution in [0, 0.1) is 0 Å². The second-order valence-electron chi connectivity index (χ2n) is 12.8. The monoisotopic (exact) mass is 614 g/mol. The van der Waals surface area contributed by atoms with Gasteiger partial charge in [-0.15, -0.1) is 0 Å². The molecule has 0 fully saturated rings. The summed E-state index contributed by atoms with van der Waals surface area (Å²) >= 11 is 0. The Kier molecular flexibility index (Phi) is 9.15. The average molecular weight is 615 g/mol. The molecule has 0 saturated heterocycles. The van der Waals surface area contributed by atoms with Crippen LogP contribution in [0.3, 0.4) is 0 Å². The highest BCUT2D eigenvalue weighted by Crippen LogP contribution is 2.42. The van der Waals surface area contributed by atoms with E-state index in [1.54, 1.807) is 0 Å². The van der Waals surface area contributed by atoms with Crippen LogP contribution in [0.15, 0.2) is 121 Å². The molecule has 0 aliphatic heterocycles. The third kappa shape index (κ3) is 6.06. The van der Waals surface area contributed by atoms with Gasteiger partial charge in [0, 0.05) is 79.1 Å². The summed E-state index contributed by atoms with van der Waals surface area (Å²) in [6.45, 7) is 0. The summed E-state index contributed by atoms with van der Waals surface area (Å²) < 4.78 is 0. The van der Waals surface area contributed by atoms with Crippen LogP contribution in [-0.4, -0.2) is 66.6 Å². The van der Waals surface area contributed by atoms with Crippen molar-refractivity contribution in [3.05, 3.63) is 155 Å². The van der Waals surface area contributed by atoms with Gasteiger partial charge < -0.3 is 29.8 Å². The summed E-state index contributed by atoms with van der Waals surface area (Å²) in [4.78, 5) is 8.17. The Bertz CT molecular complexity index is 1490. The van der Waals surface area contributed by atoms with Crippen molar-refractivity contribution in [3.8, 4) is 0 Å². The Labute approximate surface area is 274 Å². The van der Waals surface area contributed by atoms with Gasteiger partial charge in [0.1, 0.15) is 11.2 Å². The molecule has 0 atom stereocenters. The predicted molar refractivity (Wildman–Crippen MR) is 194 cm³/mol. The summed E-state index contributed by atoms with van der Waals surface area (Å²) in [5.41, 5.74) is 5.82. The van der Waals surface area contributed by atoms with E-state index in [9.17, 15) is 10.2 Å². The van der Waals surface area contributed by atoms with E-state index >= 15 is 0 Å². The van der Waals surface area contributed by atoms with E-state index in [0.717, 1.165) is 45.0 Å². The fourth-order valence-corrected chi connectivity index (χ4v) is 5.96. The normalized spacial score (nSPS) is 11.7. The highest BCUT2D eigenvalue weighted by Gasteiger charge is 2.37. The van der Waals surface area contributed by atoms with E-state index in [1.807, 2.05) is 197 Å². The molecule has 6 heteroatoms. The fourth-order valence-electron chi connectivity index (χ4n) is 5.96. The minimum absolute atomic E-state index is 0.708. The van der Waals surface area contributed by atoms with Crippen molar-refractivity contribution >= 4 is 22.7 Å². The van der Waals surface area contributed by atoms with Crippen molar-refractivity contribution in [2.75, 3.05) is 76.0 Å². The maximum atomic E-state index is 12.7. The molecular weight excluding hydrogens is 568 g/mol. The Morgan fingerprint density at radius 2 is 0.413 bits per heavy atom. The number of anilines is 4. The SMILES string of the molecule is CN(C)c1ccc(C(O)(c2ccc(N(C)C)cc2)c2ccc(C(O)(c3ccc(N(C)C)cc3)c3ccc(N(C)C)cc3)cc2)cc1. The van der Waals surface area contributed by atoms with Gasteiger partial charge >= 0.3 is 0 Å².